The third-order valence-electron chi connectivity index (χ3n) is 12.0. The summed E-state index contributed by atoms with van der Waals surface area (Å²) in [5, 5.41) is 10.2. The fourth-order valence-corrected chi connectivity index (χ4v) is 9.34. The number of hydrogen-bond acceptors (Lipinski definition) is 9. The summed E-state index contributed by atoms with van der Waals surface area (Å²) in [6.07, 6.45) is 17.2. The highest BCUT2D eigenvalue weighted by atomic mass is 16.7. The predicted octanol–water partition coefficient (Wildman–Crippen LogP) is 2.80. The first-order chi connectivity index (χ1) is 23.1. The number of nitrogens with two attached hydrogens (primary N) is 2. The normalized spacial score (nSPS) is 38.7. The average Bonchev–Trinajstić information content (AvgIpc) is 3.80. The number of carbonyl (C=O) groups is 3. The van der Waals surface area contributed by atoms with Gasteiger partial charge in [-0.2, -0.15) is 0 Å². The van der Waals surface area contributed by atoms with Gasteiger partial charge in [-0.15, -0.1) is 0 Å². The maximum atomic E-state index is 14.3. The average molecular weight is 665 g/mol. The van der Waals surface area contributed by atoms with E-state index in [1.807, 2.05) is 13.0 Å². The molecule has 6 rings (SSSR count). The monoisotopic (exact) mass is 664 g/mol. The van der Waals surface area contributed by atoms with E-state index < -0.39 is 29.0 Å². The van der Waals surface area contributed by atoms with Gasteiger partial charge in [0.1, 0.15) is 0 Å². The van der Waals surface area contributed by atoms with Gasteiger partial charge in [-0.25, -0.2) is 4.79 Å². The van der Waals surface area contributed by atoms with Crippen molar-refractivity contribution in [2.24, 2.45) is 46.0 Å². The van der Waals surface area contributed by atoms with E-state index >= 15 is 0 Å². The Labute approximate surface area is 285 Å². The van der Waals surface area contributed by atoms with Gasteiger partial charge in [-0.05, 0) is 88.8 Å². The molecule has 11 nitrogen and oxygen atoms in total. The summed E-state index contributed by atoms with van der Waals surface area (Å²) in [4.78, 5) is 46.8. The molecule has 48 heavy (non-hydrogen) atoms. The van der Waals surface area contributed by atoms with Crippen molar-refractivity contribution in [3.63, 3.8) is 0 Å². The molecular weight excluding hydrogens is 608 g/mol. The van der Waals surface area contributed by atoms with Crippen LogP contribution in [0.2, 0.25) is 0 Å². The van der Waals surface area contributed by atoms with Crippen molar-refractivity contribution in [2.75, 3.05) is 26.7 Å². The Kier molecular flexibility index (Phi) is 10.6. The molecule has 2 saturated heterocycles. The van der Waals surface area contributed by atoms with Crippen molar-refractivity contribution in [1.29, 1.82) is 0 Å². The number of hydrogen-bond donors (Lipinski definition) is 5. The van der Waals surface area contributed by atoms with Crippen molar-refractivity contribution in [2.45, 2.75) is 114 Å². The first kappa shape index (κ1) is 35.0. The Hall–Kier alpha value is -2.86. The molecule has 4 fully saturated rings. The lowest BCUT2D eigenvalue weighted by Crippen LogP contribution is -2.58. The maximum Gasteiger partial charge on any atom is 0.350 e. The number of Topliss-reactive ketones (excluding diaryl/α,β-unsaturated/α-hetero) is 2. The summed E-state index contributed by atoms with van der Waals surface area (Å²) >= 11 is 0. The number of rotatable bonds is 11. The van der Waals surface area contributed by atoms with Crippen LogP contribution in [0, 0.1) is 29.6 Å². The summed E-state index contributed by atoms with van der Waals surface area (Å²) in [6.45, 7) is 5.88. The van der Waals surface area contributed by atoms with Gasteiger partial charge in [0.25, 0.3) is 5.60 Å². The second-order valence-electron chi connectivity index (χ2n) is 15.0. The van der Waals surface area contributed by atoms with Crippen LogP contribution in [0.4, 0.5) is 0 Å². The molecule has 2 heterocycles. The molecule has 2 saturated carbocycles. The lowest BCUT2D eigenvalue weighted by molar-refractivity contribution is -0.160. The third-order valence-corrected chi connectivity index (χ3v) is 12.0. The van der Waals surface area contributed by atoms with Crippen LogP contribution in [0.25, 0.3) is 0 Å². The number of esters is 1. The van der Waals surface area contributed by atoms with Crippen molar-refractivity contribution in [3.8, 4) is 0 Å². The summed E-state index contributed by atoms with van der Waals surface area (Å²) in [6, 6.07) is 0.0604. The van der Waals surface area contributed by atoms with E-state index in [2.05, 4.69) is 46.1 Å². The van der Waals surface area contributed by atoms with Crippen LogP contribution >= 0.6 is 0 Å². The van der Waals surface area contributed by atoms with Gasteiger partial charge in [0.05, 0.1) is 12.8 Å². The van der Waals surface area contributed by atoms with E-state index in [1.54, 1.807) is 7.05 Å². The lowest BCUT2D eigenvalue weighted by atomic mass is 9.61. The van der Waals surface area contributed by atoms with Crippen molar-refractivity contribution in [1.82, 2.24) is 16.0 Å². The minimum Gasteiger partial charge on any atom is -0.463 e. The highest BCUT2D eigenvalue weighted by Gasteiger charge is 2.86. The van der Waals surface area contributed by atoms with Crippen LogP contribution in [-0.2, 0) is 23.9 Å². The number of nitrogens with one attached hydrogen (secondary N) is 3. The highest BCUT2D eigenvalue weighted by molar-refractivity contribution is 6.23. The standard InChI is InChI=1S/C37H56N6O5/c1-4-41-29-19-24-10-6-5-9-23(24)18-26(29)21-47-34(46)37-33(45)28-12-8-7-11-27(28)32(44)36(37,48-37)15-13-22(2)17-30(43-35(39)40-3)25-14-16-42-31(38)20-25/h6,10,13,19,23,25-31,41-42H,4-5,7-9,11-12,14-18,20-21,38H2,1-3H3,(H3,39,40,43)/t23-,25?,26-,27?,28?,29-,30+,31?,36-,37-/m0/s1. The van der Waals surface area contributed by atoms with Gasteiger partial charge < -0.3 is 36.9 Å². The summed E-state index contributed by atoms with van der Waals surface area (Å²) in [7, 11) is 1.65. The molecule has 4 aliphatic carbocycles. The van der Waals surface area contributed by atoms with Gasteiger partial charge in [0, 0.05) is 43.3 Å². The molecule has 0 bridgehead atoms. The first-order valence-electron chi connectivity index (χ1n) is 18.3. The van der Waals surface area contributed by atoms with Crippen molar-refractivity contribution in [3.05, 3.63) is 35.5 Å². The number of nitrogens with zero attached hydrogens (tertiary/aromatic N) is 1. The Morgan fingerprint density at radius 2 is 1.96 bits per heavy atom. The molecular formula is C37H56N6O5. The Bertz CT molecular complexity index is 1380. The van der Waals surface area contributed by atoms with Crippen molar-refractivity contribution < 1.29 is 23.9 Å². The Morgan fingerprint density at radius 3 is 2.69 bits per heavy atom. The largest absolute Gasteiger partial charge is 0.463 e. The van der Waals surface area contributed by atoms with Crippen LogP contribution < -0.4 is 27.4 Å². The van der Waals surface area contributed by atoms with E-state index in [0.29, 0.717) is 31.1 Å². The molecule has 0 radical (unpaired) electrons. The van der Waals surface area contributed by atoms with Gasteiger partial charge >= 0.3 is 5.97 Å². The zero-order valence-corrected chi connectivity index (χ0v) is 29.0. The number of epoxide rings is 1. The summed E-state index contributed by atoms with van der Waals surface area (Å²) < 4.78 is 12.3. The first-order valence-corrected chi connectivity index (χ1v) is 18.3. The van der Waals surface area contributed by atoms with Gasteiger partial charge in [0.2, 0.25) is 0 Å². The predicted molar refractivity (Wildman–Crippen MR) is 185 cm³/mol. The molecule has 10 atom stereocenters. The van der Waals surface area contributed by atoms with Crippen LogP contribution in [0.3, 0.4) is 0 Å². The highest BCUT2D eigenvalue weighted by Crippen LogP contribution is 2.61. The minimum absolute atomic E-state index is 0.00810. The van der Waals surface area contributed by atoms with E-state index in [1.165, 1.54) is 5.57 Å². The number of carbonyl (C=O) groups excluding carboxylic acids is 3. The second-order valence-corrected chi connectivity index (χ2v) is 15.0. The van der Waals surface area contributed by atoms with Crippen LogP contribution in [0.15, 0.2) is 40.4 Å². The number of fused-ring (bicyclic) bond motifs is 3. The van der Waals surface area contributed by atoms with Crippen molar-refractivity contribution >= 4 is 23.5 Å². The third kappa shape index (κ3) is 6.55. The van der Waals surface area contributed by atoms with Crippen LogP contribution in [-0.4, -0.2) is 79.7 Å². The zero-order chi connectivity index (χ0) is 34.1. The molecule has 0 aromatic carbocycles. The molecule has 2 aliphatic heterocycles. The summed E-state index contributed by atoms with van der Waals surface area (Å²) in [5.41, 5.74) is 11.3. The van der Waals surface area contributed by atoms with Gasteiger partial charge in [-0.1, -0.05) is 49.6 Å². The molecule has 264 valence electrons. The molecule has 0 aromatic heterocycles. The Balaban J connectivity index is 1.21. The molecule has 0 amide bonds. The number of aliphatic imine (C=N–C) groups is 1. The second kappa shape index (κ2) is 14.5. The quantitative estimate of drug-likeness (QED) is 0.0552. The van der Waals surface area contributed by atoms with E-state index in [9.17, 15) is 14.4 Å². The number of likely N-dealkylation sites (N-methyl/N-ethyl adjacent to an activating group) is 1. The molecule has 11 heteroatoms. The minimum atomic E-state index is -1.87. The summed E-state index contributed by atoms with van der Waals surface area (Å²) in [5.74, 6) is -0.812. The van der Waals surface area contributed by atoms with Gasteiger partial charge in [-0.3, -0.25) is 14.6 Å². The number of ketones is 2. The van der Waals surface area contributed by atoms with Crippen LogP contribution in [0.1, 0.15) is 84.5 Å². The number of guanidine groups is 1. The Morgan fingerprint density at radius 1 is 1.19 bits per heavy atom. The number of ether oxygens (including phenoxy) is 2. The molecule has 6 aliphatic rings. The molecule has 0 aromatic rings. The molecule has 7 N–H and O–H groups in total. The molecule has 0 spiro atoms. The fourth-order valence-electron chi connectivity index (χ4n) is 9.34. The maximum absolute atomic E-state index is 14.3. The lowest BCUT2D eigenvalue weighted by Gasteiger charge is -2.38. The van der Waals surface area contributed by atoms with E-state index in [4.69, 9.17) is 20.9 Å². The molecule has 4 unspecified atom stereocenters. The topological polar surface area (TPSA) is 173 Å². The smallest absolute Gasteiger partial charge is 0.350 e. The van der Waals surface area contributed by atoms with E-state index in [0.717, 1.165) is 63.6 Å². The van der Waals surface area contributed by atoms with Gasteiger partial charge in [0.15, 0.2) is 23.1 Å². The SMILES string of the molecule is CCN[C@H]1C=C2C=CCC[C@H]2C[C@H]1COC(=O)[C@]12O[C@@]1(CC=C(C)C[C@@H](NC(N)=NC)C1CCNC(N)C1)C(=O)C1CCCCC1C2=O. The van der Waals surface area contributed by atoms with Crippen LogP contribution in [0.5, 0.6) is 0 Å². The number of allylic oxidation sites excluding steroid dienone is 3. The number of piperidine rings is 1. The zero-order valence-electron chi connectivity index (χ0n) is 29.0. The van der Waals surface area contributed by atoms with E-state index in [-0.39, 0.29) is 54.7 Å². The fraction of sp³-hybridized carbons (Fsp3) is 0.730.